The smallest absolute Gasteiger partial charge is 0.382 e. The molecule has 0 fully saturated rings. The summed E-state index contributed by atoms with van der Waals surface area (Å²) in [6.45, 7) is 0. The maximum Gasteiger partial charge on any atom is 0.419 e. The maximum atomic E-state index is 13.5. The van der Waals surface area contributed by atoms with E-state index < -0.39 is 41.4 Å². The lowest BCUT2D eigenvalue weighted by Crippen LogP contribution is -2.39. The average molecular weight is 291 g/mol. The lowest BCUT2D eigenvalue weighted by atomic mass is 9.98. The second kappa shape index (κ2) is 4.97. The number of aliphatic hydroxyl groups is 1. The Morgan fingerprint density at radius 1 is 1.05 bits per heavy atom. The quantitative estimate of drug-likeness (QED) is 0.823. The molecule has 0 aliphatic rings. The molecule has 0 saturated carbocycles. The van der Waals surface area contributed by atoms with E-state index in [9.17, 15) is 30.7 Å². The molecule has 1 aromatic carbocycles. The molecule has 2 nitrogen and oxygen atoms in total. The van der Waals surface area contributed by atoms with E-state index in [1.54, 1.807) is 0 Å². The van der Waals surface area contributed by atoms with Crippen LogP contribution < -0.4 is 5.73 Å². The molecular weight excluding hydrogens is 283 g/mol. The molecule has 9 heteroatoms. The summed E-state index contributed by atoms with van der Waals surface area (Å²) in [5.74, 6) is -1.93. The molecule has 0 aliphatic carbocycles. The van der Waals surface area contributed by atoms with Crippen LogP contribution in [0.3, 0.4) is 0 Å². The van der Waals surface area contributed by atoms with Gasteiger partial charge in [-0.2, -0.15) is 26.3 Å². The topological polar surface area (TPSA) is 46.2 Å². The molecule has 19 heavy (non-hydrogen) atoms. The van der Waals surface area contributed by atoms with Crippen LogP contribution in [0.15, 0.2) is 18.2 Å². The highest BCUT2D eigenvalue weighted by Gasteiger charge is 2.44. The van der Waals surface area contributed by atoms with E-state index in [1.165, 1.54) is 0 Å². The van der Waals surface area contributed by atoms with Gasteiger partial charge in [0.05, 0.1) is 11.6 Å². The second-order valence-electron chi connectivity index (χ2n) is 3.72. The van der Waals surface area contributed by atoms with Crippen LogP contribution in [0.2, 0.25) is 0 Å². The van der Waals surface area contributed by atoms with Crippen LogP contribution in [0, 0.1) is 5.82 Å². The number of rotatable bonds is 2. The number of halogens is 7. The van der Waals surface area contributed by atoms with Gasteiger partial charge in [-0.25, -0.2) is 4.39 Å². The molecule has 0 unspecified atom stereocenters. The minimum atomic E-state index is -5.17. The maximum absolute atomic E-state index is 13.5. The van der Waals surface area contributed by atoms with Crippen molar-refractivity contribution in [1.82, 2.24) is 0 Å². The van der Waals surface area contributed by atoms with Gasteiger partial charge < -0.3 is 10.8 Å². The average Bonchev–Trinajstić information content (AvgIpc) is 2.24. The highest BCUT2D eigenvalue weighted by Crippen LogP contribution is 2.36. The van der Waals surface area contributed by atoms with Crippen molar-refractivity contribution < 1.29 is 35.8 Å². The Hall–Kier alpha value is -1.35. The normalized spacial score (nSPS) is 16.3. The fourth-order valence-corrected chi connectivity index (χ4v) is 1.40. The number of alkyl halides is 6. The van der Waals surface area contributed by atoms with Crippen LogP contribution in [0.4, 0.5) is 30.7 Å². The van der Waals surface area contributed by atoms with E-state index in [0.29, 0.717) is 18.2 Å². The molecule has 0 saturated heterocycles. The Morgan fingerprint density at radius 3 is 2.00 bits per heavy atom. The van der Waals surface area contributed by atoms with Crippen LogP contribution >= 0.6 is 0 Å². The van der Waals surface area contributed by atoms with Crippen molar-refractivity contribution in [3.63, 3.8) is 0 Å². The first kappa shape index (κ1) is 15.7. The van der Waals surface area contributed by atoms with Crippen molar-refractivity contribution in [2.45, 2.75) is 24.5 Å². The summed E-state index contributed by atoms with van der Waals surface area (Å²) < 4.78 is 87.1. The van der Waals surface area contributed by atoms with Gasteiger partial charge in [-0.05, 0) is 6.07 Å². The molecule has 0 radical (unpaired) electrons. The molecular formula is C10H8F7NO. The number of hydrogen-bond donors (Lipinski definition) is 2. The largest absolute Gasteiger partial charge is 0.419 e. The van der Waals surface area contributed by atoms with Crippen LogP contribution in [0.5, 0.6) is 0 Å². The number of nitrogens with two attached hydrogens (primary N) is 1. The van der Waals surface area contributed by atoms with Gasteiger partial charge in [0.2, 0.25) is 0 Å². The molecule has 1 aromatic rings. The van der Waals surface area contributed by atoms with E-state index >= 15 is 0 Å². The second-order valence-corrected chi connectivity index (χ2v) is 3.72. The number of aliphatic hydroxyl groups excluding tert-OH is 1. The highest BCUT2D eigenvalue weighted by atomic mass is 19.4. The summed E-state index contributed by atoms with van der Waals surface area (Å²) in [6.07, 6.45) is -13.4. The predicted octanol–water partition coefficient (Wildman–Crippen LogP) is 2.77. The Kier molecular flexibility index (Phi) is 4.11. The Labute approximate surface area is 102 Å². The fourth-order valence-electron chi connectivity index (χ4n) is 1.40. The standard InChI is InChI=1S/C10H8F7NO/c11-6-4(7(18)8(19)10(15,16)17)2-1-3-5(6)9(12,13)14/h1-3,7-8,19H,18H2/t7-,8-/m1/s1. The molecule has 0 amide bonds. The Bertz CT molecular complexity index is 454. The molecule has 2 atom stereocenters. The van der Waals surface area contributed by atoms with Gasteiger partial charge in [0.15, 0.2) is 6.10 Å². The van der Waals surface area contributed by atoms with E-state index in [2.05, 4.69) is 0 Å². The van der Waals surface area contributed by atoms with Crippen molar-refractivity contribution in [1.29, 1.82) is 0 Å². The first-order chi connectivity index (χ1) is 8.46. The summed E-state index contributed by atoms with van der Waals surface area (Å²) in [5, 5.41) is 8.83. The van der Waals surface area contributed by atoms with Crippen molar-refractivity contribution in [2.75, 3.05) is 0 Å². The van der Waals surface area contributed by atoms with Crippen molar-refractivity contribution >= 4 is 0 Å². The lowest BCUT2D eigenvalue weighted by molar-refractivity contribution is -0.210. The first-order valence-corrected chi connectivity index (χ1v) is 4.82. The van der Waals surface area contributed by atoms with E-state index in [1.807, 2.05) is 0 Å². The van der Waals surface area contributed by atoms with Gasteiger partial charge in [-0.3, -0.25) is 0 Å². The molecule has 108 valence electrons. The molecule has 0 aromatic heterocycles. The number of hydrogen-bond acceptors (Lipinski definition) is 2. The first-order valence-electron chi connectivity index (χ1n) is 4.82. The summed E-state index contributed by atoms with van der Waals surface area (Å²) >= 11 is 0. The predicted molar refractivity (Wildman–Crippen MR) is 50.4 cm³/mol. The minimum absolute atomic E-state index is 0.367. The summed E-state index contributed by atoms with van der Waals surface area (Å²) in [4.78, 5) is 0. The third-order valence-corrected chi connectivity index (χ3v) is 2.37. The zero-order valence-corrected chi connectivity index (χ0v) is 9.06. The third-order valence-electron chi connectivity index (χ3n) is 2.37. The molecule has 0 spiro atoms. The summed E-state index contributed by atoms with van der Waals surface area (Å²) in [6, 6.07) is -0.609. The molecule has 3 N–H and O–H groups in total. The Morgan fingerprint density at radius 2 is 1.58 bits per heavy atom. The molecule has 0 aliphatic heterocycles. The Balaban J connectivity index is 3.23. The van der Waals surface area contributed by atoms with Crippen molar-refractivity contribution in [3.8, 4) is 0 Å². The van der Waals surface area contributed by atoms with Gasteiger partial charge >= 0.3 is 12.4 Å². The third kappa shape index (κ3) is 3.35. The van der Waals surface area contributed by atoms with Gasteiger partial charge in [0.25, 0.3) is 0 Å². The summed E-state index contributed by atoms with van der Waals surface area (Å²) in [7, 11) is 0. The molecule has 1 rings (SSSR count). The van der Waals surface area contributed by atoms with E-state index in [-0.39, 0.29) is 0 Å². The molecule has 0 bridgehead atoms. The minimum Gasteiger partial charge on any atom is -0.382 e. The fraction of sp³-hybridized carbons (Fsp3) is 0.400. The SMILES string of the molecule is N[C@H](c1cccc(C(F)(F)F)c1F)[C@@H](O)C(F)(F)F. The number of benzene rings is 1. The van der Waals surface area contributed by atoms with Crippen LogP contribution in [0.1, 0.15) is 17.2 Å². The van der Waals surface area contributed by atoms with Crippen molar-refractivity contribution in [2.24, 2.45) is 5.73 Å². The zero-order valence-electron chi connectivity index (χ0n) is 9.06. The van der Waals surface area contributed by atoms with E-state index in [0.717, 1.165) is 0 Å². The van der Waals surface area contributed by atoms with Gasteiger partial charge in [0.1, 0.15) is 5.82 Å². The van der Waals surface area contributed by atoms with Crippen molar-refractivity contribution in [3.05, 3.63) is 35.1 Å². The van der Waals surface area contributed by atoms with Gasteiger partial charge in [-0.1, -0.05) is 12.1 Å². The lowest BCUT2D eigenvalue weighted by Gasteiger charge is -2.23. The highest BCUT2D eigenvalue weighted by molar-refractivity contribution is 5.31. The van der Waals surface area contributed by atoms with Crippen LogP contribution in [-0.4, -0.2) is 17.4 Å². The van der Waals surface area contributed by atoms with E-state index in [4.69, 9.17) is 10.8 Å². The van der Waals surface area contributed by atoms with Crippen LogP contribution in [-0.2, 0) is 6.18 Å². The van der Waals surface area contributed by atoms with Crippen LogP contribution in [0.25, 0.3) is 0 Å². The summed E-state index contributed by atoms with van der Waals surface area (Å²) in [5.41, 5.74) is 2.16. The monoisotopic (exact) mass is 291 g/mol. The molecule has 0 heterocycles. The van der Waals surface area contributed by atoms with Gasteiger partial charge in [0, 0.05) is 5.56 Å². The van der Waals surface area contributed by atoms with Gasteiger partial charge in [-0.15, -0.1) is 0 Å². The zero-order chi connectivity index (χ0) is 15.0.